The Morgan fingerprint density at radius 2 is 1.95 bits per heavy atom. The van der Waals surface area contributed by atoms with E-state index in [1.165, 1.54) is 18.4 Å². The summed E-state index contributed by atoms with van der Waals surface area (Å²) in [5, 5.41) is 12.3. The van der Waals surface area contributed by atoms with Crippen LogP contribution in [-0.4, -0.2) is 6.61 Å². The normalized spacial score (nSPS) is 13.6. The molecule has 2 aromatic rings. The lowest BCUT2D eigenvalue weighted by Crippen LogP contribution is -2.14. The monoisotopic (exact) mass is 292 g/mol. The molecule has 3 heteroatoms. The van der Waals surface area contributed by atoms with Crippen LogP contribution in [0, 0.1) is 17.2 Å². The molecule has 0 bridgehead atoms. The number of para-hydroxylation sites is 1. The van der Waals surface area contributed by atoms with E-state index < -0.39 is 0 Å². The van der Waals surface area contributed by atoms with Crippen LogP contribution in [0.4, 0.5) is 0 Å². The molecule has 1 saturated carbocycles. The Labute approximate surface area is 131 Å². The number of rotatable bonds is 7. The van der Waals surface area contributed by atoms with E-state index in [9.17, 15) is 0 Å². The summed E-state index contributed by atoms with van der Waals surface area (Å²) in [5.41, 5.74) is 3.00. The third kappa shape index (κ3) is 4.09. The van der Waals surface area contributed by atoms with Crippen LogP contribution in [0.1, 0.15) is 29.5 Å². The first-order valence-corrected chi connectivity index (χ1v) is 7.75. The minimum atomic E-state index is 0.701. The molecule has 1 aliphatic rings. The maximum absolute atomic E-state index is 8.92. The van der Waals surface area contributed by atoms with Crippen molar-refractivity contribution in [3.63, 3.8) is 0 Å². The van der Waals surface area contributed by atoms with Crippen molar-refractivity contribution in [3.05, 3.63) is 65.2 Å². The number of nitrogens with zero attached hydrogens (tertiary/aromatic N) is 1. The molecule has 0 radical (unpaired) electrons. The third-order valence-electron chi connectivity index (χ3n) is 3.84. The van der Waals surface area contributed by atoms with Crippen molar-refractivity contribution in [3.8, 4) is 11.8 Å². The van der Waals surface area contributed by atoms with Gasteiger partial charge >= 0.3 is 0 Å². The zero-order chi connectivity index (χ0) is 15.2. The van der Waals surface area contributed by atoms with Crippen molar-refractivity contribution in [1.82, 2.24) is 5.32 Å². The van der Waals surface area contributed by atoms with Gasteiger partial charge in [0.15, 0.2) is 0 Å². The van der Waals surface area contributed by atoms with Crippen molar-refractivity contribution in [2.45, 2.75) is 25.9 Å². The van der Waals surface area contributed by atoms with Crippen molar-refractivity contribution in [2.24, 2.45) is 5.92 Å². The largest absolute Gasteiger partial charge is 0.493 e. The highest BCUT2D eigenvalue weighted by Gasteiger charge is 2.22. The Morgan fingerprint density at radius 1 is 1.09 bits per heavy atom. The lowest BCUT2D eigenvalue weighted by atomic mass is 10.1. The fourth-order valence-corrected chi connectivity index (χ4v) is 2.38. The summed E-state index contributed by atoms with van der Waals surface area (Å²) in [6.45, 7) is 2.34. The van der Waals surface area contributed by atoms with Crippen LogP contribution < -0.4 is 10.1 Å². The van der Waals surface area contributed by atoms with Crippen LogP contribution in [-0.2, 0) is 13.1 Å². The van der Waals surface area contributed by atoms with Crippen molar-refractivity contribution >= 4 is 0 Å². The molecule has 22 heavy (non-hydrogen) atoms. The molecule has 1 N–H and O–H groups in total. The predicted octanol–water partition coefficient (Wildman–Crippen LogP) is 3.64. The third-order valence-corrected chi connectivity index (χ3v) is 3.84. The Hall–Kier alpha value is -2.31. The van der Waals surface area contributed by atoms with Crippen LogP contribution >= 0.6 is 0 Å². The van der Waals surface area contributed by atoms with Crippen LogP contribution in [0.15, 0.2) is 48.5 Å². The van der Waals surface area contributed by atoms with Gasteiger partial charge in [-0.1, -0.05) is 30.3 Å². The topological polar surface area (TPSA) is 45.0 Å². The Kier molecular flexibility index (Phi) is 4.72. The van der Waals surface area contributed by atoms with Gasteiger partial charge < -0.3 is 10.1 Å². The smallest absolute Gasteiger partial charge is 0.123 e. The summed E-state index contributed by atoms with van der Waals surface area (Å²) in [7, 11) is 0. The molecule has 0 amide bonds. The first-order valence-electron chi connectivity index (χ1n) is 7.75. The van der Waals surface area contributed by atoms with Crippen molar-refractivity contribution in [1.29, 1.82) is 5.26 Å². The first-order chi connectivity index (χ1) is 10.8. The molecule has 0 aliphatic heterocycles. The standard InChI is InChI=1S/C19H20N2O/c20-11-16-4-3-5-17(10-16)12-21-13-18-6-1-2-7-19(18)22-14-15-8-9-15/h1-7,10,15,21H,8-9,12-14H2. The number of ether oxygens (including phenoxy) is 1. The van der Waals surface area contributed by atoms with Gasteiger partial charge in [-0.2, -0.15) is 5.26 Å². The van der Waals surface area contributed by atoms with Gasteiger partial charge in [0.2, 0.25) is 0 Å². The van der Waals surface area contributed by atoms with Gasteiger partial charge in [0, 0.05) is 18.7 Å². The first kappa shape index (κ1) is 14.6. The van der Waals surface area contributed by atoms with E-state index >= 15 is 0 Å². The second-order valence-electron chi connectivity index (χ2n) is 5.78. The van der Waals surface area contributed by atoms with E-state index in [1.54, 1.807) is 0 Å². The average molecular weight is 292 g/mol. The summed E-state index contributed by atoms with van der Waals surface area (Å²) in [4.78, 5) is 0. The minimum Gasteiger partial charge on any atom is -0.493 e. The van der Waals surface area contributed by atoms with Crippen molar-refractivity contribution < 1.29 is 4.74 Å². The van der Waals surface area contributed by atoms with Gasteiger partial charge in [0.05, 0.1) is 18.2 Å². The number of benzene rings is 2. The molecular formula is C19H20N2O. The molecule has 3 nitrogen and oxygen atoms in total. The summed E-state index contributed by atoms with van der Waals surface area (Å²) >= 11 is 0. The molecule has 112 valence electrons. The highest BCUT2D eigenvalue weighted by molar-refractivity contribution is 5.34. The van der Waals surface area contributed by atoms with Gasteiger partial charge in [-0.15, -0.1) is 0 Å². The van der Waals surface area contributed by atoms with Crippen LogP contribution in [0.25, 0.3) is 0 Å². The zero-order valence-electron chi connectivity index (χ0n) is 12.6. The molecule has 0 atom stereocenters. The van der Waals surface area contributed by atoms with Gasteiger partial charge in [-0.25, -0.2) is 0 Å². The minimum absolute atomic E-state index is 0.701. The molecule has 1 fully saturated rings. The molecule has 2 aromatic carbocycles. The van der Waals surface area contributed by atoms with Gasteiger partial charge in [-0.05, 0) is 42.5 Å². The van der Waals surface area contributed by atoms with Crippen LogP contribution in [0.2, 0.25) is 0 Å². The van der Waals surface area contributed by atoms with E-state index in [0.29, 0.717) is 5.56 Å². The quantitative estimate of drug-likeness (QED) is 0.847. The Morgan fingerprint density at radius 3 is 2.77 bits per heavy atom. The van der Waals surface area contributed by atoms with Gasteiger partial charge in [-0.3, -0.25) is 0 Å². The highest BCUT2D eigenvalue weighted by Crippen LogP contribution is 2.30. The lowest BCUT2D eigenvalue weighted by molar-refractivity contribution is 0.296. The molecule has 0 spiro atoms. The number of hydrogen-bond acceptors (Lipinski definition) is 3. The molecule has 0 saturated heterocycles. The molecule has 0 unspecified atom stereocenters. The molecule has 0 heterocycles. The van der Waals surface area contributed by atoms with Gasteiger partial charge in [0.1, 0.15) is 5.75 Å². The van der Waals surface area contributed by atoms with E-state index in [4.69, 9.17) is 10.00 Å². The van der Waals surface area contributed by atoms with E-state index in [1.807, 2.05) is 42.5 Å². The number of hydrogen-bond donors (Lipinski definition) is 1. The lowest BCUT2D eigenvalue weighted by Gasteiger charge is -2.12. The van der Waals surface area contributed by atoms with Crippen molar-refractivity contribution in [2.75, 3.05) is 6.61 Å². The Balaban J connectivity index is 1.55. The maximum atomic E-state index is 8.92. The number of nitriles is 1. The number of nitrogens with one attached hydrogen (secondary N) is 1. The maximum Gasteiger partial charge on any atom is 0.123 e. The average Bonchev–Trinajstić information content (AvgIpc) is 3.38. The van der Waals surface area contributed by atoms with E-state index in [0.717, 1.165) is 36.9 Å². The molecular weight excluding hydrogens is 272 g/mol. The summed E-state index contributed by atoms with van der Waals surface area (Å²) in [6, 6.07) is 18.1. The second-order valence-corrected chi connectivity index (χ2v) is 5.78. The van der Waals surface area contributed by atoms with E-state index in [2.05, 4.69) is 17.5 Å². The molecule has 3 rings (SSSR count). The summed E-state index contributed by atoms with van der Waals surface area (Å²) in [6.07, 6.45) is 2.60. The summed E-state index contributed by atoms with van der Waals surface area (Å²) in [5.74, 6) is 1.74. The highest BCUT2D eigenvalue weighted by atomic mass is 16.5. The predicted molar refractivity (Wildman–Crippen MR) is 86.4 cm³/mol. The SMILES string of the molecule is N#Cc1cccc(CNCc2ccccc2OCC2CC2)c1. The Bertz CT molecular complexity index is 671. The van der Waals surface area contributed by atoms with Gasteiger partial charge in [0.25, 0.3) is 0 Å². The molecule has 1 aliphatic carbocycles. The fourth-order valence-electron chi connectivity index (χ4n) is 2.38. The fraction of sp³-hybridized carbons (Fsp3) is 0.316. The zero-order valence-corrected chi connectivity index (χ0v) is 12.6. The molecule has 0 aromatic heterocycles. The van der Waals surface area contributed by atoms with E-state index in [-0.39, 0.29) is 0 Å². The second kappa shape index (κ2) is 7.11. The van der Waals surface area contributed by atoms with Crippen LogP contribution in [0.5, 0.6) is 5.75 Å². The summed E-state index contributed by atoms with van der Waals surface area (Å²) < 4.78 is 5.92. The van der Waals surface area contributed by atoms with Crippen LogP contribution in [0.3, 0.4) is 0 Å².